The molecule has 5 heteroatoms. The van der Waals surface area contributed by atoms with Crippen LogP contribution in [0.15, 0.2) is 0 Å². The first-order valence-corrected chi connectivity index (χ1v) is 5.41. The Kier molecular flexibility index (Phi) is 5.05. The van der Waals surface area contributed by atoms with Gasteiger partial charge in [-0.2, -0.15) is 0 Å². The van der Waals surface area contributed by atoms with Crippen molar-refractivity contribution in [2.75, 3.05) is 7.11 Å². The van der Waals surface area contributed by atoms with Gasteiger partial charge >= 0.3 is 0 Å². The highest BCUT2D eigenvalue weighted by molar-refractivity contribution is 8.89. The largest absolute Gasteiger partial charge is 0.340 e. The molecule has 0 saturated heterocycles. The Labute approximate surface area is 51.9 Å². The molecule has 0 aromatic carbocycles. The molecule has 0 spiro atoms. The fourth-order valence-corrected chi connectivity index (χ4v) is 1.50. The van der Waals surface area contributed by atoms with Crippen molar-refractivity contribution in [1.29, 1.82) is 0 Å². The molecule has 0 N–H and O–H groups in total. The Morgan fingerprint density at radius 2 is 2.17 bits per heavy atom. The zero-order chi connectivity index (χ0) is 4.99. The minimum absolute atomic E-state index is 0.454. The summed E-state index contributed by atoms with van der Waals surface area (Å²) in [5.74, 6) is 0. The molecule has 0 saturated carbocycles. The van der Waals surface area contributed by atoms with Crippen LogP contribution in [-0.4, -0.2) is 7.11 Å². The first-order valence-electron chi connectivity index (χ1n) is 1.07. The molecule has 0 amide bonds. The third kappa shape index (κ3) is 5.10. The van der Waals surface area contributed by atoms with E-state index in [1.165, 1.54) is 0 Å². The van der Waals surface area contributed by atoms with Crippen molar-refractivity contribution in [1.82, 2.24) is 0 Å². The molecule has 0 aromatic rings. The van der Waals surface area contributed by atoms with E-state index in [1.54, 1.807) is 7.11 Å². The summed E-state index contributed by atoms with van der Waals surface area (Å²) >= 11 is 10.3. The van der Waals surface area contributed by atoms with E-state index in [9.17, 15) is 0 Å². The van der Waals surface area contributed by atoms with E-state index in [1.807, 2.05) is 0 Å². The van der Waals surface area contributed by atoms with Gasteiger partial charge in [0, 0.05) is 7.11 Å². The van der Waals surface area contributed by atoms with Crippen LogP contribution in [0.1, 0.15) is 0 Å². The molecule has 0 aliphatic heterocycles. The van der Waals surface area contributed by atoms with E-state index >= 15 is 0 Å². The van der Waals surface area contributed by atoms with Crippen molar-refractivity contribution in [2.45, 2.75) is 0 Å². The molecule has 38 valence electrons. The zero-order valence-corrected chi connectivity index (χ0v) is 6.31. The Morgan fingerprint density at radius 1 is 1.67 bits per heavy atom. The number of hydrogen-bond donors (Lipinski definition) is 0. The highest BCUT2D eigenvalue weighted by Crippen LogP contribution is 1.97. The van der Waals surface area contributed by atoms with E-state index in [0.717, 1.165) is 11.1 Å². The molecular formula is CH3OS4-. The van der Waals surface area contributed by atoms with Gasteiger partial charge in [0.05, 0.1) is 0 Å². The van der Waals surface area contributed by atoms with Crippen molar-refractivity contribution in [3.05, 3.63) is 0 Å². The summed E-state index contributed by atoms with van der Waals surface area (Å²) in [7, 11) is 1.10. The van der Waals surface area contributed by atoms with Gasteiger partial charge < -0.3 is 4.18 Å². The van der Waals surface area contributed by atoms with Gasteiger partial charge in [0.15, 0.2) is 0 Å². The smallest absolute Gasteiger partial charge is 0.0480 e. The van der Waals surface area contributed by atoms with Crippen molar-refractivity contribution in [2.24, 2.45) is 0 Å². The first-order chi connectivity index (χ1) is 2.77. The lowest BCUT2D eigenvalue weighted by Crippen LogP contribution is -1.60. The molecule has 0 aliphatic carbocycles. The van der Waals surface area contributed by atoms with Crippen molar-refractivity contribution in [3.8, 4) is 0 Å². The third-order valence-corrected chi connectivity index (χ3v) is 2.11. The van der Waals surface area contributed by atoms with Crippen LogP contribution >= 0.6 is 11.1 Å². The van der Waals surface area contributed by atoms with Crippen LogP contribution < -0.4 is 0 Å². The monoisotopic (exact) mass is 159 g/mol. The molecule has 0 unspecified atom stereocenters. The van der Waals surface area contributed by atoms with E-state index in [4.69, 9.17) is 0 Å². The van der Waals surface area contributed by atoms with Crippen molar-refractivity contribution in [3.63, 3.8) is 0 Å². The molecule has 0 bridgehead atoms. The average Bonchev–Trinajstić information content (AvgIpc) is 1.35. The maximum atomic E-state index is 4.56. The summed E-state index contributed by atoms with van der Waals surface area (Å²) in [5, 5.41) is 0. The second-order valence-corrected chi connectivity index (χ2v) is 6.62. The second-order valence-electron chi connectivity index (χ2n) is 0.439. The molecule has 6 heavy (non-hydrogen) atoms. The summed E-state index contributed by atoms with van der Waals surface area (Å²) in [4.78, 5) is 0. The fraction of sp³-hybridized carbons (Fsp3) is 1.00. The summed E-state index contributed by atoms with van der Waals surface area (Å²) < 4.78 is 4.52. The first kappa shape index (κ1) is 7.10. The molecule has 1 nitrogen and oxygen atoms in total. The Hall–Kier alpha value is 1.10. The van der Waals surface area contributed by atoms with Gasteiger partial charge in [-0.15, -0.1) is 11.1 Å². The van der Waals surface area contributed by atoms with E-state index in [2.05, 4.69) is 26.6 Å². The van der Waals surface area contributed by atoms with E-state index < -0.39 is 7.05 Å². The van der Waals surface area contributed by atoms with Gasteiger partial charge in [-0.25, -0.2) is 22.4 Å². The van der Waals surface area contributed by atoms with Gasteiger partial charge in [0.25, 0.3) is 0 Å². The van der Waals surface area contributed by atoms with Crippen LogP contribution in [0, 0.1) is 0 Å². The number of rotatable bonds is 2. The lowest BCUT2D eigenvalue weighted by Gasteiger charge is -1.94. The lowest BCUT2D eigenvalue weighted by atomic mass is 11.8. The van der Waals surface area contributed by atoms with Crippen molar-refractivity contribution >= 4 is 40.5 Å². The predicted molar refractivity (Wildman–Crippen MR) is 36.7 cm³/mol. The zero-order valence-electron chi connectivity index (χ0n) is 3.04. The third-order valence-electron chi connectivity index (χ3n) is 0.124. The molecular weight excluding hydrogens is 156 g/mol. The lowest BCUT2D eigenvalue weighted by molar-refractivity contribution is 0.498. The minimum atomic E-state index is -0.454. The molecule has 0 aromatic heterocycles. The van der Waals surface area contributed by atoms with Gasteiger partial charge in [-0.1, -0.05) is 0 Å². The molecule has 0 atom stereocenters. The van der Waals surface area contributed by atoms with Gasteiger partial charge in [-0.05, 0) is 0 Å². The highest BCUT2D eigenvalue weighted by atomic mass is 33.5. The van der Waals surface area contributed by atoms with Gasteiger partial charge in [-0.3, -0.25) is 7.05 Å². The maximum Gasteiger partial charge on any atom is 0.0480 e. The Morgan fingerprint density at radius 3 is 2.17 bits per heavy atom. The Balaban J connectivity index is 3.07. The van der Waals surface area contributed by atoms with Crippen LogP contribution in [0.25, 0.3) is 0 Å². The van der Waals surface area contributed by atoms with Crippen molar-refractivity contribution < 1.29 is 4.18 Å². The van der Waals surface area contributed by atoms with Gasteiger partial charge in [0.2, 0.25) is 0 Å². The van der Waals surface area contributed by atoms with Crippen LogP contribution in [0.2, 0.25) is 0 Å². The quantitative estimate of drug-likeness (QED) is 0.334. The second kappa shape index (κ2) is 4.26. The standard InChI is InChI=1S/CH3OS4/c1-2-5-6(3)4/h1H3/q-1. The van der Waals surface area contributed by atoms with Crippen LogP contribution in [0.5, 0.6) is 0 Å². The normalized spacial score (nSPS) is 9.67. The summed E-state index contributed by atoms with van der Waals surface area (Å²) in [5.41, 5.74) is 0. The van der Waals surface area contributed by atoms with Crippen LogP contribution in [0.4, 0.5) is 0 Å². The predicted octanol–water partition coefficient (Wildman–Crippen LogP) is 0.738. The Bertz CT molecular complexity index is 75.5. The molecule has 0 radical (unpaired) electrons. The maximum absolute atomic E-state index is 4.56. The minimum Gasteiger partial charge on any atom is -0.340 e. The molecule has 0 fully saturated rings. The molecule has 0 rings (SSSR count). The molecule has 0 heterocycles. The number of hydrogen-bond acceptors (Lipinski definition) is 5. The summed E-state index contributed by atoms with van der Waals surface area (Å²) in [6, 6.07) is 0. The van der Waals surface area contributed by atoms with E-state index in [-0.39, 0.29) is 0 Å². The van der Waals surface area contributed by atoms with Gasteiger partial charge in [0.1, 0.15) is 0 Å². The molecule has 0 aliphatic rings. The van der Waals surface area contributed by atoms with E-state index in [0.29, 0.717) is 0 Å². The topological polar surface area (TPSA) is 9.23 Å². The average molecular weight is 159 g/mol. The SMILES string of the molecule is COS[S-](=S)=S. The highest BCUT2D eigenvalue weighted by Gasteiger charge is 1.53. The fourth-order valence-electron chi connectivity index (χ4n) is 0.0556. The van der Waals surface area contributed by atoms with Crippen LogP contribution in [0.3, 0.4) is 0 Å². The van der Waals surface area contributed by atoms with Crippen LogP contribution in [-0.2, 0) is 33.6 Å². The summed E-state index contributed by atoms with van der Waals surface area (Å²) in [6.45, 7) is 0. The summed E-state index contributed by atoms with van der Waals surface area (Å²) in [6.07, 6.45) is 0.